The lowest BCUT2D eigenvalue weighted by Crippen LogP contribution is -2.20. The van der Waals surface area contributed by atoms with Gasteiger partial charge in [0, 0.05) is 6.42 Å². The zero-order valence-electron chi connectivity index (χ0n) is 20.6. The summed E-state index contributed by atoms with van der Waals surface area (Å²) in [6.07, 6.45) is 1.81. The molecule has 3 aromatic carbocycles. The number of nitro benzene ring substituents is 1. The number of nitro groups is 1. The van der Waals surface area contributed by atoms with Crippen molar-refractivity contribution in [3.8, 4) is 17.2 Å². The van der Waals surface area contributed by atoms with Gasteiger partial charge in [-0.3, -0.25) is 14.9 Å². The Morgan fingerprint density at radius 2 is 1.82 bits per heavy atom. The summed E-state index contributed by atoms with van der Waals surface area (Å²) in [6, 6.07) is 15.0. The first-order valence-electron chi connectivity index (χ1n) is 11.3. The summed E-state index contributed by atoms with van der Waals surface area (Å²) in [5, 5.41) is 15.5. The van der Waals surface area contributed by atoms with Crippen LogP contribution in [0.3, 0.4) is 0 Å². The molecule has 0 spiro atoms. The number of carbonyl (C=O) groups is 2. The van der Waals surface area contributed by atoms with E-state index in [-0.39, 0.29) is 42.4 Å². The molecule has 202 valence electrons. The molecule has 0 fully saturated rings. The molecule has 0 atom stereocenters. The van der Waals surface area contributed by atoms with Gasteiger partial charge >= 0.3 is 5.97 Å². The van der Waals surface area contributed by atoms with Crippen LogP contribution in [0.4, 0.5) is 5.69 Å². The number of aldehydes is 1. The smallest absolute Gasteiger partial charge is 0.356 e. The van der Waals surface area contributed by atoms with Crippen LogP contribution in [-0.2, 0) is 27.4 Å². The van der Waals surface area contributed by atoms with E-state index in [4.69, 9.17) is 19.0 Å². The van der Waals surface area contributed by atoms with E-state index in [1.54, 1.807) is 12.1 Å². The van der Waals surface area contributed by atoms with Crippen molar-refractivity contribution in [3.05, 3.63) is 103 Å². The maximum atomic E-state index is 12.7. The standard InChI is InChI=1S/C27H22Br2N2O8/c1-3-9-37-27(33)22(30-38-16-17-7-5-4-6-8-17)11-18-10-21(29)26(36-2)25(12-18)39-24-14-23(31(34)35)19(15-32)13-20(24)28/h3-8,10,12-15H,1,9,11,16H2,2H3/b30-22+. The molecule has 0 heterocycles. The van der Waals surface area contributed by atoms with Crippen molar-refractivity contribution in [2.75, 3.05) is 13.7 Å². The average Bonchev–Trinajstić information content (AvgIpc) is 2.92. The minimum absolute atomic E-state index is 0.00484. The van der Waals surface area contributed by atoms with Crippen LogP contribution in [0.5, 0.6) is 17.2 Å². The van der Waals surface area contributed by atoms with E-state index >= 15 is 0 Å². The third-order valence-corrected chi connectivity index (χ3v) is 6.30. The van der Waals surface area contributed by atoms with Gasteiger partial charge in [0.05, 0.1) is 32.6 Å². The summed E-state index contributed by atoms with van der Waals surface area (Å²) in [5.41, 5.74) is 0.874. The van der Waals surface area contributed by atoms with Crippen molar-refractivity contribution in [1.82, 2.24) is 0 Å². The van der Waals surface area contributed by atoms with Gasteiger partial charge < -0.3 is 19.0 Å². The lowest BCUT2D eigenvalue weighted by molar-refractivity contribution is -0.385. The summed E-state index contributed by atoms with van der Waals surface area (Å²) >= 11 is 6.71. The molecule has 0 saturated heterocycles. The first-order valence-corrected chi connectivity index (χ1v) is 12.8. The van der Waals surface area contributed by atoms with Crippen LogP contribution >= 0.6 is 31.9 Å². The number of hydrogen-bond donors (Lipinski definition) is 0. The molecular weight excluding hydrogens is 640 g/mol. The van der Waals surface area contributed by atoms with Gasteiger partial charge in [0.2, 0.25) is 0 Å². The summed E-state index contributed by atoms with van der Waals surface area (Å²) in [4.78, 5) is 40.1. The number of oxime groups is 1. The van der Waals surface area contributed by atoms with Crippen LogP contribution in [0.25, 0.3) is 0 Å². The molecule has 0 aliphatic rings. The largest absolute Gasteiger partial charge is 0.492 e. The van der Waals surface area contributed by atoms with E-state index in [1.165, 1.54) is 19.3 Å². The molecule has 0 bridgehead atoms. The quantitative estimate of drug-likeness (QED) is 0.0502. The van der Waals surface area contributed by atoms with Crippen molar-refractivity contribution >= 4 is 55.5 Å². The third kappa shape index (κ3) is 7.98. The van der Waals surface area contributed by atoms with E-state index in [1.807, 2.05) is 30.3 Å². The molecule has 0 aliphatic carbocycles. The Morgan fingerprint density at radius 3 is 2.46 bits per heavy atom. The number of halogens is 2. The molecule has 0 saturated carbocycles. The fourth-order valence-corrected chi connectivity index (χ4v) is 4.41. The Balaban J connectivity index is 1.95. The lowest BCUT2D eigenvalue weighted by atomic mass is 10.1. The SMILES string of the molecule is C=CCOC(=O)/C(Cc1cc(Br)c(OC)c(Oc2cc([N+](=O)[O-])c(C=O)cc2Br)c1)=N/OCc1ccccc1. The van der Waals surface area contributed by atoms with Crippen LogP contribution in [-0.4, -0.2) is 36.6 Å². The Kier molecular flexibility index (Phi) is 10.8. The van der Waals surface area contributed by atoms with Crippen LogP contribution in [0, 0.1) is 10.1 Å². The fourth-order valence-electron chi connectivity index (χ4n) is 3.32. The minimum Gasteiger partial charge on any atom is -0.492 e. The molecule has 0 aromatic heterocycles. The Hall–Kier alpha value is -4.03. The molecule has 0 amide bonds. The van der Waals surface area contributed by atoms with E-state index in [0.717, 1.165) is 11.6 Å². The van der Waals surface area contributed by atoms with Crippen molar-refractivity contribution < 1.29 is 33.6 Å². The zero-order chi connectivity index (χ0) is 28.4. The van der Waals surface area contributed by atoms with E-state index in [2.05, 4.69) is 43.6 Å². The van der Waals surface area contributed by atoms with Gasteiger partial charge in [-0.05, 0) is 61.2 Å². The average molecular weight is 662 g/mol. The molecule has 3 rings (SSSR count). The number of rotatable bonds is 13. The van der Waals surface area contributed by atoms with E-state index in [0.29, 0.717) is 26.5 Å². The predicted molar refractivity (Wildman–Crippen MR) is 150 cm³/mol. The summed E-state index contributed by atoms with van der Waals surface area (Å²) in [6.45, 7) is 3.67. The Labute approximate surface area is 240 Å². The topological polar surface area (TPSA) is 127 Å². The maximum absolute atomic E-state index is 12.7. The van der Waals surface area contributed by atoms with Gasteiger partial charge in [-0.2, -0.15) is 0 Å². The number of carbonyl (C=O) groups excluding carboxylic acids is 2. The highest BCUT2D eigenvalue weighted by atomic mass is 79.9. The number of hydrogen-bond acceptors (Lipinski definition) is 9. The second-order valence-electron chi connectivity index (χ2n) is 7.79. The monoisotopic (exact) mass is 660 g/mol. The summed E-state index contributed by atoms with van der Waals surface area (Å²) in [5.74, 6) is -0.152. The van der Waals surface area contributed by atoms with Crippen molar-refractivity contribution in [3.63, 3.8) is 0 Å². The van der Waals surface area contributed by atoms with Crippen LogP contribution in [0.2, 0.25) is 0 Å². The fraction of sp³-hybridized carbons (Fsp3) is 0.148. The first kappa shape index (κ1) is 29.5. The molecule has 0 aliphatic heterocycles. The zero-order valence-corrected chi connectivity index (χ0v) is 23.8. The molecule has 10 nitrogen and oxygen atoms in total. The third-order valence-electron chi connectivity index (χ3n) is 5.09. The van der Waals surface area contributed by atoms with Crippen molar-refractivity contribution in [2.45, 2.75) is 13.0 Å². The molecule has 0 N–H and O–H groups in total. The summed E-state index contributed by atoms with van der Waals surface area (Å²) in [7, 11) is 1.43. The Morgan fingerprint density at radius 1 is 1.08 bits per heavy atom. The molecule has 12 heteroatoms. The highest BCUT2D eigenvalue weighted by molar-refractivity contribution is 9.11. The first-order chi connectivity index (χ1) is 18.8. The normalized spacial score (nSPS) is 10.9. The van der Waals surface area contributed by atoms with E-state index < -0.39 is 16.6 Å². The van der Waals surface area contributed by atoms with Gasteiger partial charge in [0.15, 0.2) is 23.5 Å². The van der Waals surface area contributed by atoms with Gasteiger partial charge in [-0.1, -0.05) is 48.1 Å². The number of esters is 1. The number of benzene rings is 3. The maximum Gasteiger partial charge on any atom is 0.356 e. The van der Waals surface area contributed by atoms with Crippen LogP contribution in [0.1, 0.15) is 21.5 Å². The minimum atomic E-state index is -0.694. The van der Waals surface area contributed by atoms with Gasteiger partial charge in [-0.15, -0.1) is 0 Å². The van der Waals surface area contributed by atoms with E-state index in [9.17, 15) is 19.7 Å². The molecular formula is C27H22Br2N2O8. The highest BCUT2D eigenvalue weighted by Gasteiger charge is 2.22. The van der Waals surface area contributed by atoms with Crippen LogP contribution in [0.15, 0.2) is 81.4 Å². The van der Waals surface area contributed by atoms with Crippen molar-refractivity contribution in [1.29, 1.82) is 0 Å². The molecule has 0 unspecified atom stereocenters. The second kappa shape index (κ2) is 14.2. The highest BCUT2D eigenvalue weighted by Crippen LogP contribution is 2.42. The Bertz CT molecular complexity index is 1410. The predicted octanol–water partition coefficient (Wildman–Crippen LogP) is 6.58. The van der Waals surface area contributed by atoms with Crippen molar-refractivity contribution in [2.24, 2.45) is 5.16 Å². The summed E-state index contributed by atoms with van der Waals surface area (Å²) < 4.78 is 17.4. The van der Waals surface area contributed by atoms with Gasteiger partial charge in [0.25, 0.3) is 5.69 Å². The number of ether oxygens (including phenoxy) is 3. The van der Waals surface area contributed by atoms with Crippen LogP contribution < -0.4 is 9.47 Å². The number of nitrogens with zero attached hydrogens (tertiary/aromatic N) is 2. The number of methoxy groups -OCH3 is 1. The van der Waals surface area contributed by atoms with Gasteiger partial charge in [-0.25, -0.2) is 4.79 Å². The lowest BCUT2D eigenvalue weighted by Gasteiger charge is -2.15. The van der Waals surface area contributed by atoms with Gasteiger partial charge in [0.1, 0.15) is 19.0 Å². The molecule has 3 aromatic rings. The molecule has 0 radical (unpaired) electrons. The second-order valence-corrected chi connectivity index (χ2v) is 9.50. The molecule has 39 heavy (non-hydrogen) atoms.